The average Bonchev–Trinajstić information content (AvgIpc) is 3.07. The molecule has 2 atom stereocenters. The summed E-state index contributed by atoms with van der Waals surface area (Å²) in [6.45, 7) is 1.80. The molecule has 2 aliphatic heterocycles. The Labute approximate surface area is 193 Å². The molecule has 2 unspecified atom stereocenters. The van der Waals surface area contributed by atoms with Crippen LogP contribution in [-0.4, -0.2) is 40.7 Å². The molecule has 10 heteroatoms. The van der Waals surface area contributed by atoms with Gasteiger partial charge in [-0.15, -0.1) is 0 Å². The van der Waals surface area contributed by atoms with Gasteiger partial charge < -0.3 is 15.0 Å². The van der Waals surface area contributed by atoms with E-state index in [0.29, 0.717) is 27.6 Å². The van der Waals surface area contributed by atoms with Crippen LogP contribution in [0.3, 0.4) is 0 Å². The lowest BCUT2D eigenvalue weighted by Crippen LogP contribution is -2.52. The Balaban J connectivity index is 1.43. The Morgan fingerprint density at radius 2 is 2.00 bits per heavy atom. The van der Waals surface area contributed by atoms with Gasteiger partial charge in [-0.25, -0.2) is 0 Å². The van der Waals surface area contributed by atoms with E-state index in [1.165, 1.54) is 4.90 Å². The van der Waals surface area contributed by atoms with E-state index in [0.717, 1.165) is 0 Å². The van der Waals surface area contributed by atoms with Crippen molar-refractivity contribution < 1.29 is 23.9 Å². The molecule has 0 radical (unpaired) electrons. The first-order valence-corrected chi connectivity index (χ1v) is 10.7. The van der Waals surface area contributed by atoms with Crippen molar-refractivity contribution in [2.75, 3.05) is 5.32 Å². The number of ether oxygens (including phenoxy) is 1. The maximum absolute atomic E-state index is 12.8. The van der Waals surface area contributed by atoms with E-state index >= 15 is 0 Å². The van der Waals surface area contributed by atoms with E-state index in [9.17, 15) is 19.2 Å². The molecule has 32 heavy (non-hydrogen) atoms. The molecule has 2 N–H and O–H groups in total. The van der Waals surface area contributed by atoms with Crippen LogP contribution < -0.4 is 15.4 Å². The van der Waals surface area contributed by atoms with Crippen LogP contribution in [0.25, 0.3) is 0 Å². The first-order chi connectivity index (χ1) is 15.2. The Morgan fingerprint density at radius 1 is 1.22 bits per heavy atom. The number of imide groups is 1. The second kappa shape index (κ2) is 8.80. The van der Waals surface area contributed by atoms with Crippen LogP contribution >= 0.6 is 23.2 Å². The molecule has 1 saturated heterocycles. The molecule has 2 aromatic carbocycles. The van der Waals surface area contributed by atoms with Crippen molar-refractivity contribution in [3.8, 4) is 5.75 Å². The Hall–Kier alpha value is -3.10. The van der Waals surface area contributed by atoms with Crippen LogP contribution in [0.15, 0.2) is 36.4 Å². The fraction of sp³-hybridized carbons (Fsp3) is 0.273. The van der Waals surface area contributed by atoms with Crippen molar-refractivity contribution in [2.24, 2.45) is 0 Å². The zero-order valence-electron chi connectivity index (χ0n) is 17.0. The molecule has 4 amide bonds. The minimum Gasteiger partial charge on any atom is -0.481 e. The Kier molecular flexibility index (Phi) is 6.08. The molecular weight excluding hydrogens is 457 g/mol. The second-order valence-corrected chi connectivity index (χ2v) is 8.35. The highest BCUT2D eigenvalue weighted by molar-refractivity contribution is 6.44. The first kappa shape index (κ1) is 22.1. The quantitative estimate of drug-likeness (QED) is 0.646. The van der Waals surface area contributed by atoms with Crippen LogP contribution in [0.5, 0.6) is 5.75 Å². The lowest BCUT2D eigenvalue weighted by Gasteiger charge is -2.29. The Bertz CT molecular complexity index is 1140. The SMILES string of the molecule is CC(Oc1ccc2c(c1)CN(C1CCC(=O)NC1=O)C2=O)C(=O)Nc1cccc(Cl)c1Cl. The summed E-state index contributed by atoms with van der Waals surface area (Å²) in [7, 11) is 0. The minimum atomic E-state index is -0.855. The zero-order valence-corrected chi connectivity index (χ0v) is 18.5. The molecule has 8 nitrogen and oxygen atoms in total. The topological polar surface area (TPSA) is 105 Å². The van der Waals surface area contributed by atoms with Crippen molar-refractivity contribution in [1.82, 2.24) is 10.2 Å². The number of nitrogens with zero attached hydrogens (tertiary/aromatic N) is 1. The molecule has 166 valence electrons. The number of benzene rings is 2. The van der Waals surface area contributed by atoms with E-state index < -0.39 is 24.0 Å². The molecule has 0 saturated carbocycles. The lowest BCUT2D eigenvalue weighted by molar-refractivity contribution is -0.137. The monoisotopic (exact) mass is 475 g/mol. The first-order valence-electron chi connectivity index (χ1n) is 9.93. The predicted molar refractivity (Wildman–Crippen MR) is 118 cm³/mol. The number of fused-ring (bicyclic) bond motifs is 1. The summed E-state index contributed by atoms with van der Waals surface area (Å²) in [5.41, 5.74) is 1.52. The summed E-state index contributed by atoms with van der Waals surface area (Å²) in [6.07, 6.45) is -0.378. The van der Waals surface area contributed by atoms with Gasteiger partial charge in [0.2, 0.25) is 11.8 Å². The number of hydrogen-bond donors (Lipinski definition) is 2. The predicted octanol–water partition coefficient (Wildman–Crippen LogP) is 3.16. The van der Waals surface area contributed by atoms with Gasteiger partial charge in [-0.05, 0) is 49.2 Å². The summed E-state index contributed by atoms with van der Waals surface area (Å²) in [5, 5.41) is 5.50. The van der Waals surface area contributed by atoms with Gasteiger partial charge in [0.1, 0.15) is 11.8 Å². The highest BCUT2D eigenvalue weighted by Crippen LogP contribution is 2.31. The van der Waals surface area contributed by atoms with Gasteiger partial charge in [0.15, 0.2) is 6.10 Å². The van der Waals surface area contributed by atoms with Gasteiger partial charge in [0.25, 0.3) is 11.8 Å². The van der Waals surface area contributed by atoms with Crippen molar-refractivity contribution in [2.45, 2.75) is 38.5 Å². The maximum Gasteiger partial charge on any atom is 0.265 e. The molecule has 0 bridgehead atoms. The van der Waals surface area contributed by atoms with Gasteiger partial charge in [-0.3, -0.25) is 24.5 Å². The van der Waals surface area contributed by atoms with E-state index in [-0.39, 0.29) is 36.2 Å². The number of rotatable bonds is 5. The number of nitrogens with one attached hydrogen (secondary N) is 2. The number of carbonyl (C=O) groups excluding carboxylic acids is 4. The van der Waals surface area contributed by atoms with Gasteiger partial charge in [-0.2, -0.15) is 0 Å². The third-order valence-electron chi connectivity index (χ3n) is 5.39. The van der Waals surface area contributed by atoms with E-state index in [4.69, 9.17) is 27.9 Å². The third kappa shape index (κ3) is 4.28. The largest absolute Gasteiger partial charge is 0.481 e. The van der Waals surface area contributed by atoms with E-state index in [1.807, 2.05) is 0 Å². The summed E-state index contributed by atoms with van der Waals surface area (Å²) in [6, 6.07) is 9.10. The fourth-order valence-corrected chi connectivity index (χ4v) is 4.06. The molecule has 4 rings (SSSR count). The lowest BCUT2D eigenvalue weighted by atomic mass is 10.0. The molecule has 2 heterocycles. The number of carbonyl (C=O) groups is 4. The molecule has 2 aromatic rings. The van der Waals surface area contributed by atoms with E-state index in [1.54, 1.807) is 43.3 Å². The van der Waals surface area contributed by atoms with Crippen LogP contribution in [0.4, 0.5) is 5.69 Å². The molecule has 2 aliphatic rings. The van der Waals surface area contributed by atoms with Crippen molar-refractivity contribution in [3.05, 3.63) is 57.6 Å². The van der Waals surface area contributed by atoms with Crippen LogP contribution in [0.1, 0.15) is 35.7 Å². The fourth-order valence-electron chi connectivity index (χ4n) is 3.72. The Morgan fingerprint density at radius 3 is 2.75 bits per heavy atom. The smallest absolute Gasteiger partial charge is 0.265 e. The highest BCUT2D eigenvalue weighted by atomic mass is 35.5. The zero-order chi connectivity index (χ0) is 23.0. The van der Waals surface area contributed by atoms with Crippen molar-refractivity contribution in [3.63, 3.8) is 0 Å². The number of halogens is 2. The van der Waals surface area contributed by atoms with Crippen molar-refractivity contribution in [1.29, 1.82) is 0 Å². The molecule has 1 fully saturated rings. The summed E-state index contributed by atoms with van der Waals surface area (Å²) in [5.74, 6) is -1.10. The van der Waals surface area contributed by atoms with Gasteiger partial charge in [0.05, 0.1) is 15.7 Å². The van der Waals surface area contributed by atoms with Crippen LogP contribution in [0, 0.1) is 0 Å². The molecule has 0 aliphatic carbocycles. The molecule has 0 spiro atoms. The average molecular weight is 476 g/mol. The maximum atomic E-state index is 12.8. The highest BCUT2D eigenvalue weighted by Gasteiger charge is 2.39. The standard InChI is InChI=1S/C22H19Cl2N3O5/c1-11(20(29)25-16-4-2-3-15(23)19(16)24)32-13-5-6-14-12(9-13)10-27(22(14)31)17-7-8-18(28)26-21(17)30/h2-6,9,11,17H,7-8,10H2,1H3,(H,25,29)(H,26,28,30). The summed E-state index contributed by atoms with van der Waals surface area (Å²) in [4.78, 5) is 50.3. The van der Waals surface area contributed by atoms with Gasteiger partial charge >= 0.3 is 0 Å². The number of piperidine rings is 1. The van der Waals surface area contributed by atoms with Crippen LogP contribution in [0.2, 0.25) is 10.0 Å². The van der Waals surface area contributed by atoms with Crippen LogP contribution in [-0.2, 0) is 20.9 Å². The van der Waals surface area contributed by atoms with Crippen molar-refractivity contribution >= 4 is 52.5 Å². The minimum absolute atomic E-state index is 0.189. The molecular formula is C22H19Cl2N3O5. The summed E-state index contributed by atoms with van der Waals surface area (Å²) >= 11 is 12.1. The number of amides is 4. The molecule has 0 aromatic heterocycles. The number of hydrogen-bond acceptors (Lipinski definition) is 5. The normalized spacial score (nSPS) is 18.8. The summed E-state index contributed by atoms with van der Waals surface area (Å²) < 4.78 is 5.75. The number of anilines is 1. The third-order valence-corrected chi connectivity index (χ3v) is 6.21. The van der Waals surface area contributed by atoms with E-state index in [2.05, 4.69) is 10.6 Å². The second-order valence-electron chi connectivity index (χ2n) is 7.57. The van der Waals surface area contributed by atoms with Gasteiger partial charge in [-0.1, -0.05) is 29.3 Å². The van der Waals surface area contributed by atoms with Gasteiger partial charge in [0, 0.05) is 18.5 Å².